The number of para-hydroxylation sites is 2. The van der Waals surface area contributed by atoms with E-state index in [0.29, 0.717) is 41.6 Å². The van der Waals surface area contributed by atoms with Crippen molar-refractivity contribution in [1.29, 1.82) is 0 Å². The fourth-order valence-electron chi connectivity index (χ4n) is 11.1. The maximum absolute atomic E-state index is 11.8. The number of esters is 2. The summed E-state index contributed by atoms with van der Waals surface area (Å²) < 4.78 is 24.8. The van der Waals surface area contributed by atoms with Crippen LogP contribution in [0.3, 0.4) is 0 Å². The third kappa shape index (κ3) is 58.0. The average molecular weight is 1620 g/mol. The number of ketones is 1. The molecule has 16 N–H and O–H groups in total. The van der Waals surface area contributed by atoms with Crippen LogP contribution in [-0.2, 0) is 19.1 Å². The minimum atomic E-state index is -2.01. The number of rotatable bonds is 50. The summed E-state index contributed by atoms with van der Waals surface area (Å²) in [4.78, 5) is 56.3. The van der Waals surface area contributed by atoms with Crippen LogP contribution in [0, 0.1) is 22.7 Å². The molecule has 2 aliphatic heterocycles. The fourth-order valence-corrected chi connectivity index (χ4v) is 11.1. The Labute approximate surface area is 674 Å². The van der Waals surface area contributed by atoms with E-state index in [4.69, 9.17) is 90.8 Å². The summed E-state index contributed by atoms with van der Waals surface area (Å²) in [5, 5.41) is 140. The van der Waals surface area contributed by atoms with Gasteiger partial charge in [0, 0.05) is 68.3 Å². The number of aromatic nitrogens is 1. The van der Waals surface area contributed by atoms with Crippen LogP contribution in [0.1, 0.15) is 217 Å². The Morgan fingerprint density at radius 2 is 0.867 bits per heavy atom. The molecule has 0 saturated carbocycles. The van der Waals surface area contributed by atoms with Gasteiger partial charge < -0.3 is 120 Å². The molecule has 2 saturated heterocycles. The van der Waals surface area contributed by atoms with Gasteiger partial charge in [0.05, 0.1) is 98.6 Å². The predicted molar refractivity (Wildman–Crippen MR) is 437 cm³/mol. The number of aliphatic hydroxyl groups is 16. The molecule has 3 aromatic rings. The van der Waals surface area contributed by atoms with Crippen LogP contribution in [0.4, 0.5) is 0 Å². The predicted octanol–water partition coefficient (Wildman–Crippen LogP) is 6.17. The van der Waals surface area contributed by atoms with E-state index >= 15 is 0 Å². The van der Waals surface area contributed by atoms with Gasteiger partial charge in [0.15, 0.2) is 17.3 Å². The summed E-state index contributed by atoms with van der Waals surface area (Å²) >= 11 is 0. The standard InChI is InChI=1S/C17H34N2O2.C16H34O2.C12H16O4.C10H14N2O3.C10H14O4.C9H16O6.2C5H12O2/c20-14-12-18-8-4-16(5-9-18)2-1-3-17-6-10-19(11-7-17)13-15-21;1-2-3-4-5-6-7-8-9-10-11-12-13-14-16(18)15-17;1-12(2,15)11(14)9-3-5-10(6-4-9)16-8-7-13;13-7-5-12(6-8-14)10(15)9-1-3-11-4-2-9;11-5-7-13-9-3-1-2-4-10(9)14-8-6-12;1-3-14-7(12)9(5-10,6-11)8(13)15-4-2;1-5(2,3-6)4-7;6-4-2-1-3-5-7/h16-17,20-21H,1-15H2;16-18H,2-15H2,1H3;3-6,13,15H,7-8H2,1-2H3;1-4,13-14H,5-8H2;1-4,11-12H,5-8H2;10-11H,3-6H2,1-2H3;6-7H,3-4H2,1-2H3;6-7H,1-5H2. The third-order valence-electron chi connectivity index (χ3n) is 18.2. The van der Waals surface area contributed by atoms with Crippen molar-refractivity contribution in [2.24, 2.45) is 22.7 Å². The summed E-state index contributed by atoms with van der Waals surface area (Å²) in [6, 6.07) is 16.8. The number of Topliss-reactive ketones (excluding diaryl/α,β-unsaturated/α-hetero) is 1. The van der Waals surface area contributed by atoms with Crippen molar-refractivity contribution in [3.8, 4) is 17.2 Å². The van der Waals surface area contributed by atoms with Crippen molar-refractivity contribution in [1.82, 2.24) is 19.7 Å². The minimum Gasteiger partial charge on any atom is -0.491 e. The van der Waals surface area contributed by atoms with Gasteiger partial charge in [-0.3, -0.25) is 24.2 Å². The largest absolute Gasteiger partial charge is 0.491 e. The van der Waals surface area contributed by atoms with Gasteiger partial charge in [-0.25, -0.2) is 0 Å². The van der Waals surface area contributed by atoms with Crippen LogP contribution in [0.15, 0.2) is 73.1 Å². The second kappa shape index (κ2) is 75.1. The molecule has 2 fully saturated rings. The summed E-state index contributed by atoms with van der Waals surface area (Å²) in [6.07, 6.45) is 31.5. The number of nitrogens with zero attached hydrogens (tertiary/aromatic N) is 4. The van der Waals surface area contributed by atoms with Crippen LogP contribution >= 0.6 is 0 Å². The second-order valence-electron chi connectivity index (χ2n) is 28.8. The van der Waals surface area contributed by atoms with Gasteiger partial charge in [0.2, 0.25) is 5.41 Å². The van der Waals surface area contributed by atoms with E-state index in [2.05, 4.69) is 31.2 Å². The highest BCUT2D eigenvalue weighted by molar-refractivity contribution is 6.02. The molecule has 0 aliphatic carbocycles. The first-order valence-electron chi connectivity index (χ1n) is 40.9. The SMILES string of the molecule is CC(C)(CO)CO.CC(C)(O)C(=O)c1ccc(OCCO)cc1.CCCCCCCCCCCCCCC(O)CO.CCOC(=O)C(CO)(CO)C(=O)OCC.O=C(c1ccncc1)N(CCO)CCO.OCCCCCO.OCCN1CCC(CCCC2CCN(CCO)CC2)CC1.OCCOc1ccccc1OCCO. The number of β-amino-alcohol motifs (C(OH)–C–C–N with tert-alkyl or cyclic N) is 2. The highest BCUT2D eigenvalue weighted by Crippen LogP contribution is 2.29. The Morgan fingerprint density at radius 1 is 0.469 bits per heavy atom. The molecule has 29 nitrogen and oxygen atoms in total. The number of unbranched alkanes of at least 4 members (excludes halogenated alkanes) is 13. The molecule has 1 atom stereocenters. The lowest BCUT2D eigenvalue weighted by Crippen LogP contribution is -2.48. The van der Waals surface area contributed by atoms with Crippen molar-refractivity contribution in [2.45, 2.75) is 208 Å². The van der Waals surface area contributed by atoms with E-state index in [1.165, 1.54) is 173 Å². The van der Waals surface area contributed by atoms with E-state index in [9.17, 15) is 24.3 Å². The molecule has 0 spiro atoms. The Balaban J connectivity index is -0.00000125. The highest BCUT2D eigenvalue weighted by Gasteiger charge is 2.48. The quantitative estimate of drug-likeness (QED) is 0.0130. The Bertz CT molecular complexity index is 2540. The minimum absolute atomic E-state index is 0.0334. The van der Waals surface area contributed by atoms with E-state index in [-0.39, 0.29) is 129 Å². The molecule has 113 heavy (non-hydrogen) atoms. The molecule has 2 aromatic carbocycles. The number of carbonyl (C=O) groups is 4. The first kappa shape index (κ1) is 112. The van der Waals surface area contributed by atoms with Crippen molar-refractivity contribution in [3.05, 3.63) is 84.2 Å². The Hall–Kier alpha value is -5.65. The smallest absolute Gasteiger partial charge is 0.328 e. The van der Waals surface area contributed by atoms with E-state index < -0.39 is 42.3 Å². The average Bonchev–Trinajstić information content (AvgIpc) is 0.775. The van der Waals surface area contributed by atoms with E-state index in [1.54, 1.807) is 76.2 Å². The first-order valence-corrected chi connectivity index (χ1v) is 40.9. The zero-order valence-corrected chi connectivity index (χ0v) is 69.6. The van der Waals surface area contributed by atoms with Crippen LogP contribution in [-0.4, -0.2) is 315 Å². The maximum Gasteiger partial charge on any atom is 0.328 e. The van der Waals surface area contributed by atoms with Gasteiger partial charge in [-0.15, -0.1) is 0 Å². The Morgan fingerprint density at radius 3 is 1.20 bits per heavy atom. The molecule has 1 unspecified atom stereocenters. The molecule has 0 bridgehead atoms. The molecule has 1 aromatic heterocycles. The highest BCUT2D eigenvalue weighted by atomic mass is 16.6. The monoisotopic (exact) mass is 1620 g/mol. The second-order valence-corrected chi connectivity index (χ2v) is 28.8. The lowest BCUT2D eigenvalue weighted by molar-refractivity contribution is -0.178. The van der Waals surface area contributed by atoms with Crippen molar-refractivity contribution in [2.75, 3.05) is 178 Å². The van der Waals surface area contributed by atoms with Gasteiger partial charge in [-0.1, -0.05) is 129 Å². The number of aliphatic hydroxyl groups excluding tert-OH is 15. The van der Waals surface area contributed by atoms with Crippen LogP contribution in [0.5, 0.6) is 17.2 Å². The number of piperidine rings is 2. The fraction of sp³-hybridized carbons (Fsp3) is 0.750. The zero-order chi connectivity index (χ0) is 85.2. The summed E-state index contributed by atoms with van der Waals surface area (Å²) in [5.74, 6) is 1.10. The zero-order valence-electron chi connectivity index (χ0n) is 69.6. The van der Waals surface area contributed by atoms with Gasteiger partial charge >= 0.3 is 11.9 Å². The first-order chi connectivity index (χ1) is 54.4. The molecule has 658 valence electrons. The van der Waals surface area contributed by atoms with Crippen LogP contribution < -0.4 is 14.2 Å². The lowest BCUT2D eigenvalue weighted by atomic mass is 9.87. The van der Waals surface area contributed by atoms with Gasteiger partial charge in [-0.2, -0.15) is 0 Å². The molecule has 2 aliphatic rings. The van der Waals surface area contributed by atoms with E-state index in [0.717, 1.165) is 57.0 Å². The Kier molecular flexibility index (Phi) is 74.1. The van der Waals surface area contributed by atoms with E-state index in [1.807, 2.05) is 12.1 Å². The van der Waals surface area contributed by atoms with Crippen molar-refractivity contribution in [3.63, 3.8) is 0 Å². The van der Waals surface area contributed by atoms with Crippen LogP contribution in [0.25, 0.3) is 0 Å². The number of benzene rings is 2. The van der Waals surface area contributed by atoms with Crippen molar-refractivity contribution >= 4 is 23.6 Å². The number of carbonyl (C=O) groups excluding carboxylic acids is 4. The van der Waals surface area contributed by atoms with Gasteiger partial charge in [-0.05, 0) is 166 Å². The molecular weight excluding hydrogens is 1460 g/mol. The topological polar surface area (TPSA) is 461 Å². The molecule has 0 radical (unpaired) electrons. The number of hydrogen-bond acceptors (Lipinski definition) is 28. The van der Waals surface area contributed by atoms with Gasteiger partial charge in [0.1, 0.15) is 31.2 Å². The van der Waals surface area contributed by atoms with Crippen molar-refractivity contribution < 1.29 is 125 Å². The number of likely N-dealkylation sites (tertiary alicyclic amines) is 2. The molecule has 1 amide bonds. The lowest BCUT2D eigenvalue weighted by Gasteiger charge is -2.33. The summed E-state index contributed by atoms with van der Waals surface area (Å²) in [7, 11) is 0. The number of pyridine rings is 1. The summed E-state index contributed by atoms with van der Waals surface area (Å²) in [6.45, 7) is 18.7. The molecule has 3 heterocycles. The number of ether oxygens (including phenoxy) is 5. The van der Waals surface area contributed by atoms with Gasteiger partial charge in [0.25, 0.3) is 5.91 Å². The molecular formula is C84H152N4O25. The molecule has 5 rings (SSSR count). The third-order valence-corrected chi connectivity index (χ3v) is 18.2. The molecule has 29 heteroatoms. The normalized spacial score (nSPS) is 13.4. The number of hydrogen-bond donors (Lipinski definition) is 16. The summed E-state index contributed by atoms with van der Waals surface area (Å²) in [5.41, 5.74) is -2.74. The maximum atomic E-state index is 11.8. The van der Waals surface area contributed by atoms with Crippen LogP contribution in [0.2, 0.25) is 0 Å². The number of amides is 1.